The molecule has 1 N–H and O–H groups in total. The predicted octanol–water partition coefficient (Wildman–Crippen LogP) is 3.62. The van der Waals surface area contributed by atoms with Gasteiger partial charge in [0.25, 0.3) is 0 Å². The lowest BCUT2D eigenvalue weighted by Crippen LogP contribution is -2.33. The maximum atomic E-state index is 10.3. The molecule has 0 saturated carbocycles. The van der Waals surface area contributed by atoms with Crippen LogP contribution >= 0.6 is 0 Å². The summed E-state index contributed by atoms with van der Waals surface area (Å²) in [7, 11) is 0. The van der Waals surface area contributed by atoms with E-state index >= 15 is 0 Å². The molecule has 17 heavy (non-hydrogen) atoms. The molecule has 1 aliphatic rings. The van der Waals surface area contributed by atoms with E-state index in [2.05, 4.69) is 37.5 Å². The van der Waals surface area contributed by atoms with Gasteiger partial charge in [0, 0.05) is 18.3 Å². The molecule has 0 heterocycles. The van der Waals surface area contributed by atoms with Gasteiger partial charge in [-0.1, -0.05) is 37.3 Å². The molecule has 0 amide bonds. The van der Waals surface area contributed by atoms with Crippen molar-refractivity contribution in [1.82, 2.24) is 0 Å². The van der Waals surface area contributed by atoms with Crippen molar-refractivity contribution in [2.24, 2.45) is 5.41 Å². The van der Waals surface area contributed by atoms with E-state index in [1.165, 1.54) is 0 Å². The second kappa shape index (κ2) is 7.14. The minimum absolute atomic E-state index is 0.219. The lowest BCUT2D eigenvalue weighted by Gasteiger charge is -2.34. The first-order valence-electron chi connectivity index (χ1n) is 6.34. The standard InChI is InChI=1S/C16H22O/c1-3-5-6-8-12-16(15(17)11-4-2)13-9-7-10-14-16/h4,7,9-10,13,15,17H,2-3,5,11-12,14H2,1H3. The summed E-state index contributed by atoms with van der Waals surface area (Å²) in [6.07, 6.45) is 13.9. The Kier molecular flexibility index (Phi) is 5.80. The molecular formula is C16H22O. The SMILES string of the molecule is C=CCC(O)C1(CC#CCCC)C=CC=CC1. The molecule has 1 nitrogen and oxygen atoms in total. The number of aliphatic hydroxyl groups excluding tert-OH is 1. The van der Waals surface area contributed by atoms with Crippen molar-refractivity contribution < 1.29 is 5.11 Å². The van der Waals surface area contributed by atoms with Crippen LogP contribution in [0.4, 0.5) is 0 Å². The summed E-state index contributed by atoms with van der Waals surface area (Å²) in [6.45, 7) is 5.82. The number of unbranched alkanes of at least 4 members (excludes halogenated alkanes) is 1. The van der Waals surface area contributed by atoms with Crippen molar-refractivity contribution in [2.75, 3.05) is 0 Å². The van der Waals surface area contributed by atoms with Crippen molar-refractivity contribution in [3.63, 3.8) is 0 Å². The molecule has 92 valence electrons. The Morgan fingerprint density at radius 3 is 2.88 bits per heavy atom. The van der Waals surface area contributed by atoms with Crippen LogP contribution in [0.3, 0.4) is 0 Å². The first kappa shape index (κ1) is 13.8. The first-order chi connectivity index (χ1) is 8.25. The highest BCUT2D eigenvalue weighted by atomic mass is 16.3. The molecule has 1 aliphatic carbocycles. The third-order valence-electron chi connectivity index (χ3n) is 3.14. The molecule has 0 aromatic carbocycles. The predicted molar refractivity (Wildman–Crippen MR) is 73.5 cm³/mol. The van der Waals surface area contributed by atoms with Crippen LogP contribution in [0.15, 0.2) is 37.0 Å². The second-order valence-corrected chi connectivity index (χ2v) is 4.55. The third kappa shape index (κ3) is 3.91. The Morgan fingerprint density at radius 1 is 1.47 bits per heavy atom. The third-order valence-corrected chi connectivity index (χ3v) is 3.14. The van der Waals surface area contributed by atoms with Crippen molar-refractivity contribution in [1.29, 1.82) is 0 Å². The molecule has 0 aliphatic heterocycles. The van der Waals surface area contributed by atoms with Gasteiger partial charge in [-0.15, -0.1) is 18.4 Å². The number of rotatable bonds is 5. The van der Waals surface area contributed by atoms with Gasteiger partial charge >= 0.3 is 0 Å². The van der Waals surface area contributed by atoms with Gasteiger partial charge in [0.2, 0.25) is 0 Å². The zero-order valence-electron chi connectivity index (χ0n) is 10.7. The summed E-state index contributed by atoms with van der Waals surface area (Å²) in [5.74, 6) is 6.37. The molecule has 2 unspecified atom stereocenters. The fourth-order valence-electron chi connectivity index (χ4n) is 2.01. The van der Waals surface area contributed by atoms with E-state index < -0.39 is 6.10 Å². The number of hydrogen-bond donors (Lipinski definition) is 1. The maximum absolute atomic E-state index is 10.3. The quantitative estimate of drug-likeness (QED) is 0.565. The van der Waals surface area contributed by atoms with Gasteiger partial charge in [0.05, 0.1) is 6.10 Å². The number of hydrogen-bond acceptors (Lipinski definition) is 1. The van der Waals surface area contributed by atoms with Gasteiger partial charge in [-0.25, -0.2) is 0 Å². The van der Waals surface area contributed by atoms with Crippen LogP contribution in [0, 0.1) is 17.3 Å². The fourth-order valence-corrected chi connectivity index (χ4v) is 2.01. The van der Waals surface area contributed by atoms with E-state index in [-0.39, 0.29) is 5.41 Å². The number of aliphatic hydroxyl groups is 1. The van der Waals surface area contributed by atoms with Gasteiger partial charge in [-0.05, 0) is 19.3 Å². The molecular weight excluding hydrogens is 208 g/mol. The van der Waals surface area contributed by atoms with E-state index in [0.717, 1.165) is 25.7 Å². The Bertz CT molecular complexity index is 353. The van der Waals surface area contributed by atoms with Crippen LogP contribution in [0.5, 0.6) is 0 Å². The summed E-state index contributed by atoms with van der Waals surface area (Å²) in [6, 6.07) is 0. The first-order valence-corrected chi connectivity index (χ1v) is 6.34. The minimum Gasteiger partial charge on any atom is -0.392 e. The normalized spacial score (nSPS) is 23.9. The maximum Gasteiger partial charge on any atom is 0.0677 e. The molecule has 0 aromatic rings. The summed E-state index contributed by atoms with van der Waals surface area (Å²) >= 11 is 0. The van der Waals surface area contributed by atoms with Gasteiger partial charge < -0.3 is 5.11 Å². The van der Waals surface area contributed by atoms with Crippen LogP contribution in [-0.2, 0) is 0 Å². The monoisotopic (exact) mass is 230 g/mol. The molecule has 0 fully saturated rings. The molecule has 0 radical (unpaired) electrons. The van der Waals surface area contributed by atoms with Gasteiger partial charge in [0.1, 0.15) is 0 Å². The Labute approximate surface area is 105 Å². The Morgan fingerprint density at radius 2 is 2.29 bits per heavy atom. The van der Waals surface area contributed by atoms with Crippen molar-refractivity contribution in [2.45, 2.75) is 45.1 Å². The lowest BCUT2D eigenvalue weighted by atomic mass is 9.73. The van der Waals surface area contributed by atoms with Crippen molar-refractivity contribution in [3.05, 3.63) is 37.0 Å². The smallest absolute Gasteiger partial charge is 0.0677 e. The highest BCUT2D eigenvalue weighted by Crippen LogP contribution is 2.36. The van der Waals surface area contributed by atoms with Gasteiger partial charge in [-0.3, -0.25) is 0 Å². The zero-order valence-corrected chi connectivity index (χ0v) is 10.7. The molecule has 0 aromatic heterocycles. The molecule has 0 saturated heterocycles. The van der Waals surface area contributed by atoms with Crippen LogP contribution in [0.2, 0.25) is 0 Å². The Hall–Kier alpha value is -1.26. The average Bonchev–Trinajstić information content (AvgIpc) is 2.36. The molecule has 0 bridgehead atoms. The van der Waals surface area contributed by atoms with E-state index in [0.29, 0.717) is 6.42 Å². The Balaban J connectivity index is 2.73. The second-order valence-electron chi connectivity index (χ2n) is 4.55. The van der Waals surface area contributed by atoms with Gasteiger partial charge in [-0.2, -0.15) is 0 Å². The molecule has 0 spiro atoms. The van der Waals surface area contributed by atoms with Gasteiger partial charge in [0.15, 0.2) is 0 Å². The molecule has 2 atom stereocenters. The van der Waals surface area contributed by atoms with E-state index in [1.54, 1.807) is 6.08 Å². The average molecular weight is 230 g/mol. The fraction of sp³-hybridized carbons (Fsp3) is 0.500. The molecule has 1 heteroatoms. The van der Waals surface area contributed by atoms with Crippen molar-refractivity contribution >= 4 is 0 Å². The van der Waals surface area contributed by atoms with Crippen LogP contribution < -0.4 is 0 Å². The van der Waals surface area contributed by atoms with Crippen LogP contribution in [0.1, 0.15) is 39.0 Å². The van der Waals surface area contributed by atoms with Crippen molar-refractivity contribution in [3.8, 4) is 11.8 Å². The molecule has 1 rings (SSSR count). The van der Waals surface area contributed by atoms with E-state index in [1.807, 2.05) is 12.2 Å². The minimum atomic E-state index is -0.392. The zero-order chi connectivity index (χ0) is 12.6. The van der Waals surface area contributed by atoms with E-state index in [4.69, 9.17) is 0 Å². The summed E-state index contributed by atoms with van der Waals surface area (Å²) in [5, 5.41) is 10.3. The highest BCUT2D eigenvalue weighted by molar-refractivity contribution is 5.22. The summed E-state index contributed by atoms with van der Waals surface area (Å²) in [4.78, 5) is 0. The van der Waals surface area contributed by atoms with E-state index in [9.17, 15) is 5.11 Å². The highest BCUT2D eigenvalue weighted by Gasteiger charge is 2.33. The largest absolute Gasteiger partial charge is 0.392 e. The lowest BCUT2D eigenvalue weighted by molar-refractivity contribution is 0.0648. The summed E-state index contributed by atoms with van der Waals surface area (Å²) in [5.41, 5.74) is -0.219. The topological polar surface area (TPSA) is 20.2 Å². The van der Waals surface area contributed by atoms with Crippen LogP contribution in [0.25, 0.3) is 0 Å². The number of allylic oxidation sites excluding steroid dienone is 3. The summed E-state index contributed by atoms with van der Waals surface area (Å²) < 4.78 is 0. The van der Waals surface area contributed by atoms with Crippen LogP contribution in [-0.4, -0.2) is 11.2 Å².